The van der Waals surface area contributed by atoms with Crippen LogP contribution in [0.2, 0.25) is 0 Å². The predicted molar refractivity (Wildman–Crippen MR) is 69.6 cm³/mol. The van der Waals surface area contributed by atoms with E-state index in [4.69, 9.17) is 9.26 Å². The van der Waals surface area contributed by atoms with E-state index in [1.807, 2.05) is 27.7 Å². The molecular weight excluding hydrogens is 244 g/mol. The van der Waals surface area contributed by atoms with Gasteiger partial charge in [-0.15, -0.1) is 0 Å². The van der Waals surface area contributed by atoms with Crippen molar-refractivity contribution in [2.45, 2.75) is 53.1 Å². The van der Waals surface area contributed by atoms with Crippen LogP contribution in [0.15, 0.2) is 4.52 Å². The highest BCUT2D eigenvalue weighted by Crippen LogP contribution is 2.42. The molecule has 0 amide bonds. The van der Waals surface area contributed by atoms with Gasteiger partial charge in [0.15, 0.2) is 0 Å². The molecule has 0 aliphatic heterocycles. The van der Waals surface area contributed by atoms with Gasteiger partial charge in [-0.05, 0) is 25.7 Å². The summed E-state index contributed by atoms with van der Waals surface area (Å²) >= 11 is 0. The summed E-state index contributed by atoms with van der Waals surface area (Å²) in [5, 5.41) is 3.97. The maximum absolute atomic E-state index is 11.9. The first-order valence-electron chi connectivity index (χ1n) is 6.89. The van der Waals surface area contributed by atoms with Crippen molar-refractivity contribution < 1.29 is 14.1 Å². The highest BCUT2D eigenvalue weighted by atomic mass is 16.5. The zero-order chi connectivity index (χ0) is 14.0. The van der Waals surface area contributed by atoms with E-state index >= 15 is 0 Å². The zero-order valence-electron chi connectivity index (χ0n) is 12.1. The molecule has 1 saturated carbocycles. The lowest BCUT2D eigenvalue weighted by Gasteiger charge is -2.14. The number of Topliss-reactive ketones (excluding diaryl/α,β-unsaturated/α-hetero) is 1. The molecule has 0 radical (unpaired) electrons. The first-order chi connectivity index (χ1) is 8.91. The third kappa shape index (κ3) is 3.62. The van der Waals surface area contributed by atoms with Gasteiger partial charge >= 0.3 is 0 Å². The summed E-state index contributed by atoms with van der Waals surface area (Å²) in [5.74, 6) is 1.58. The highest BCUT2D eigenvalue weighted by Gasteiger charge is 2.36. The molecule has 0 aromatic carbocycles. The molecule has 19 heavy (non-hydrogen) atoms. The van der Waals surface area contributed by atoms with Crippen LogP contribution in [0.25, 0.3) is 0 Å². The number of carbonyl (C=O) groups is 1. The minimum absolute atomic E-state index is 0.0766. The van der Waals surface area contributed by atoms with Gasteiger partial charge in [-0.3, -0.25) is 4.79 Å². The summed E-state index contributed by atoms with van der Waals surface area (Å²) in [5.41, 5.74) is -0.384. The summed E-state index contributed by atoms with van der Waals surface area (Å²) in [6.45, 7) is 8.25. The number of ether oxygens (including phenoxy) is 1. The monoisotopic (exact) mass is 266 g/mol. The second-order valence-corrected chi connectivity index (χ2v) is 6.11. The van der Waals surface area contributed by atoms with Gasteiger partial charge in [0.2, 0.25) is 11.7 Å². The Bertz CT molecular complexity index is 444. The van der Waals surface area contributed by atoms with Gasteiger partial charge in [0.1, 0.15) is 11.9 Å². The second-order valence-electron chi connectivity index (χ2n) is 6.11. The van der Waals surface area contributed by atoms with Crippen molar-refractivity contribution in [3.05, 3.63) is 11.7 Å². The first kappa shape index (κ1) is 14.2. The Morgan fingerprint density at radius 1 is 1.47 bits per heavy atom. The Hall–Kier alpha value is -1.23. The molecule has 1 aromatic heterocycles. The van der Waals surface area contributed by atoms with Crippen LogP contribution in [-0.4, -0.2) is 22.5 Å². The molecule has 0 saturated heterocycles. The molecule has 1 unspecified atom stereocenters. The van der Waals surface area contributed by atoms with Crippen molar-refractivity contribution in [1.29, 1.82) is 0 Å². The van der Waals surface area contributed by atoms with Gasteiger partial charge in [0.25, 0.3) is 0 Å². The standard InChI is InChI=1S/C14H22N2O3/c1-5-18-12(9-6-7-9)13-15-11(19-16-13)8-10(17)14(2,3)4/h9,12H,5-8H2,1-4H3. The summed E-state index contributed by atoms with van der Waals surface area (Å²) in [6, 6.07) is 0. The number of hydrogen-bond acceptors (Lipinski definition) is 5. The fraction of sp³-hybridized carbons (Fsp3) is 0.786. The van der Waals surface area contributed by atoms with E-state index in [2.05, 4.69) is 10.1 Å². The Balaban J connectivity index is 2.03. The first-order valence-corrected chi connectivity index (χ1v) is 6.89. The van der Waals surface area contributed by atoms with Crippen molar-refractivity contribution in [1.82, 2.24) is 10.1 Å². The molecule has 1 aliphatic rings. The van der Waals surface area contributed by atoms with Crippen LogP contribution in [0.5, 0.6) is 0 Å². The summed E-state index contributed by atoms with van der Waals surface area (Å²) in [6.07, 6.45) is 2.41. The molecule has 1 atom stereocenters. The Morgan fingerprint density at radius 2 is 2.16 bits per heavy atom. The van der Waals surface area contributed by atoms with E-state index in [1.54, 1.807) is 0 Å². The average Bonchev–Trinajstić information content (AvgIpc) is 3.05. The van der Waals surface area contributed by atoms with Gasteiger partial charge in [-0.1, -0.05) is 25.9 Å². The van der Waals surface area contributed by atoms with Crippen molar-refractivity contribution in [2.24, 2.45) is 11.3 Å². The molecule has 2 rings (SSSR count). The third-order valence-corrected chi connectivity index (χ3v) is 3.28. The van der Waals surface area contributed by atoms with Gasteiger partial charge in [0, 0.05) is 12.0 Å². The Morgan fingerprint density at radius 3 is 2.68 bits per heavy atom. The summed E-state index contributed by atoms with van der Waals surface area (Å²) in [7, 11) is 0. The Kier molecular flexibility index (Phi) is 4.04. The summed E-state index contributed by atoms with van der Waals surface area (Å²) < 4.78 is 10.8. The van der Waals surface area contributed by atoms with Crippen LogP contribution in [0.1, 0.15) is 58.4 Å². The molecule has 5 nitrogen and oxygen atoms in total. The largest absolute Gasteiger partial charge is 0.370 e. The maximum Gasteiger partial charge on any atom is 0.234 e. The quantitative estimate of drug-likeness (QED) is 0.792. The topological polar surface area (TPSA) is 65.2 Å². The Labute approximate surface area is 113 Å². The van der Waals surface area contributed by atoms with Crippen LogP contribution >= 0.6 is 0 Å². The van der Waals surface area contributed by atoms with E-state index in [1.165, 1.54) is 0 Å². The molecule has 5 heteroatoms. The lowest BCUT2D eigenvalue weighted by atomic mass is 9.89. The lowest BCUT2D eigenvalue weighted by Crippen LogP contribution is -2.22. The van der Waals surface area contributed by atoms with Gasteiger partial charge in [-0.25, -0.2) is 0 Å². The van der Waals surface area contributed by atoms with Crippen LogP contribution in [0.4, 0.5) is 0 Å². The second kappa shape index (κ2) is 5.41. The molecule has 0 N–H and O–H groups in total. The molecule has 1 heterocycles. The van der Waals surface area contributed by atoms with Gasteiger partial charge < -0.3 is 9.26 Å². The van der Waals surface area contributed by atoms with E-state index < -0.39 is 0 Å². The molecule has 0 spiro atoms. The third-order valence-electron chi connectivity index (χ3n) is 3.28. The maximum atomic E-state index is 11.9. The number of nitrogens with zero attached hydrogens (tertiary/aromatic N) is 2. The fourth-order valence-corrected chi connectivity index (χ4v) is 1.86. The van der Waals surface area contributed by atoms with E-state index in [-0.39, 0.29) is 23.7 Å². The van der Waals surface area contributed by atoms with Crippen LogP contribution in [0.3, 0.4) is 0 Å². The van der Waals surface area contributed by atoms with Gasteiger partial charge in [0.05, 0.1) is 6.42 Å². The van der Waals surface area contributed by atoms with Crippen molar-refractivity contribution >= 4 is 5.78 Å². The van der Waals surface area contributed by atoms with Gasteiger partial charge in [-0.2, -0.15) is 4.98 Å². The normalized spacial score (nSPS) is 17.5. The van der Waals surface area contributed by atoms with Crippen molar-refractivity contribution in [3.8, 4) is 0 Å². The summed E-state index contributed by atoms with van der Waals surface area (Å²) in [4.78, 5) is 16.2. The SMILES string of the molecule is CCOC(c1noc(CC(=O)C(C)(C)C)n1)C1CC1. The number of aromatic nitrogens is 2. The molecule has 1 aromatic rings. The number of ketones is 1. The lowest BCUT2D eigenvalue weighted by molar-refractivity contribution is -0.125. The van der Waals surface area contributed by atoms with Crippen molar-refractivity contribution in [2.75, 3.05) is 6.61 Å². The zero-order valence-corrected chi connectivity index (χ0v) is 12.1. The minimum Gasteiger partial charge on any atom is -0.370 e. The molecule has 1 fully saturated rings. The molecule has 1 aliphatic carbocycles. The highest BCUT2D eigenvalue weighted by molar-refractivity contribution is 5.84. The van der Waals surface area contributed by atoms with Crippen molar-refractivity contribution in [3.63, 3.8) is 0 Å². The molecular formula is C14H22N2O3. The number of carbonyl (C=O) groups excluding carboxylic acids is 1. The van der Waals surface area contributed by atoms with E-state index in [0.717, 1.165) is 12.8 Å². The van der Waals surface area contributed by atoms with E-state index in [9.17, 15) is 4.79 Å². The molecule has 0 bridgehead atoms. The fourth-order valence-electron chi connectivity index (χ4n) is 1.86. The smallest absolute Gasteiger partial charge is 0.234 e. The van der Waals surface area contributed by atoms with Crippen LogP contribution in [0, 0.1) is 11.3 Å². The number of rotatable bonds is 6. The molecule has 106 valence electrons. The van der Waals surface area contributed by atoms with Crippen LogP contribution in [-0.2, 0) is 16.0 Å². The van der Waals surface area contributed by atoms with E-state index in [0.29, 0.717) is 24.2 Å². The van der Waals surface area contributed by atoms with Crippen LogP contribution < -0.4 is 0 Å². The minimum atomic E-state index is -0.384. The predicted octanol–water partition coefficient (Wildman–Crippen LogP) is 2.71. The number of hydrogen-bond donors (Lipinski definition) is 0. The average molecular weight is 266 g/mol.